The van der Waals surface area contributed by atoms with Crippen LogP contribution in [-0.2, 0) is 18.2 Å². The summed E-state index contributed by atoms with van der Waals surface area (Å²) >= 11 is 0. The zero-order chi connectivity index (χ0) is 10.6. The lowest BCUT2D eigenvalue weighted by Gasteiger charge is -2.14. The van der Waals surface area contributed by atoms with Crippen molar-refractivity contribution in [3.63, 3.8) is 0 Å². The van der Waals surface area contributed by atoms with Crippen molar-refractivity contribution in [1.29, 1.82) is 0 Å². The maximum absolute atomic E-state index is 5.93. The van der Waals surface area contributed by atoms with Gasteiger partial charge in [-0.25, -0.2) is 0 Å². The number of hydrogen-bond acceptors (Lipinski definition) is 4. The molecule has 5 heteroatoms. The van der Waals surface area contributed by atoms with Gasteiger partial charge in [0, 0.05) is 32.8 Å². The Balaban J connectivity index is 2.37. The summed E-state index contributed by atoms with van der Waals surface area (Å²) < 4.78 is 6.82. The van der Waals surface area contributed by atoms with E-state index in [1.54, 1.807) is 11.8 Å². The Morgan fingerprint density at radius 1 is 1.64 bits per heavy atom. The third-order valence-electron chi connectivity index (χ3n) is 2.16. The summed E-state index contributed by atoms with van der Waals surface area (Å²) in [6.45, 7) is 2.01. The second-order valence-corrected chi connectivity index (χ2v) is 3.63. The molecular formula is C9H18N4O. The van der Waals surface area contributed by atoms with E-state index in [0.29, 0.717) is 0 Å². The van der Waals surface area contributed by atoms with Crippen molar-refractivity contribution in [1.82, 2.24) is 15.0 Å². The van der Waals surface area contributed by atoms with Crippen LogP contribution in [-0.4, -0.2) is 34.2 Å². The van der Waals surface area contributed by atoms with Gasteiger partial charge in [-0.15, -0.1) is 5.10 Å². The molecule has 0 aliphatic heterocycles. The average Bonchev–Trinajstić information content (AvgIpc) is 2.50. The van der Waals surface area contributed by atoms with Crippen molar-refractivity contribution in [3.05, 3.63) is 11.9 Å². The summed E-state index contributed by atoms with van der Waals surface area (Å²) in [7, 11) is 3.54. The summed E-state index contributed by atoms with van der Waals surface area (Å²) in [6.07, 6.45) is 3.67. The first kappa shape index (κ1) is 11.1. The van der Waals surface area contributed by atoms with Gasteiger partial charge in [-0.3, -0.25) is 4.68 Å². The van der Waals surface area contributed by atoms with Crippen molar-refractivity contribution >= 4 is 0 Å². The van der Waals surface area contributed by atoms with Crippen LogP contribution in [0.15, 0.2) is 6.20 Å². The van der Waals surface area contributed by atoms with E-state index in [9.17, 15) is 0 Å². The van der Waals surface area contributed by atoms with Crippen molar-refractivity contribution in [2.45, 2.75) is 31.9 Å². The number of rotatable bonds is 5. The van der Waals surface area contributed by atoms with Crippen molar-refractivity contribution < 1.29 is 4.74 Å². The topological polar surface area (TPSA) is 66.0 Å². The van der Waals surface area contributed by atoms with Gasteiger partial charge in [0.1, 0.15) is 0 Å². The smallest absolute Gasteiger partial charge is 0.0842 e. The highest BCUT2D eigenvalue weighted by atomic mass is 16.5. The number of aryl methyl sites for hydroxylation is 1. The number of nitrogens with zero attached hydrogens (tertiary/aromatic N) is 3. The van der Waals surface area contributed by atoms with Gasteiger partial charge < -0.3 is 10.5 Å². The number of hydrogen-bond donors (Lipinski definition) is 1. The first-order valence-electron chi connectivity index (χ1n) is 4.75. The van der Waals surface area contributed by atoms with Crippen LogP contribution < -0.4 is 5.73 Å². The summed E-state index contributed by atoms with van der Waals surface area (Å²) in [4.78, 5) is 0. The number of ether oxygens (including phenoxy) is 1. The minimum absolute atomic E-state index is 0.0849. The number of nitrogens with two attached hydrogens (primary N) is 1. The van der Waals surface area contributed by atoms with Gasteiger partial charge in [0.15, 0.2) is 0 Å². The van der Waals surface area contributed by atoms with Crippen LogP contribution in [0.1, 0.15) is 19.0 Å². The van der Waals surface area contributed by atoms with E-state index in [4.69, 9.17) is 10.5 Å². The highest BCUT2D eigenvalue weighted by Crippen LogP contribution is 2.04. The van der Waals surface area contributed by atoms with Crippen LogP contribution in [0.3, 0.4) is 0 Å². The molecule has 1 heterocycles. The van der Waals surface area contributed by atoms with Crippen LogP contribution in [0.2, 0.25) is 0 Å². The molecule has 0 fully saturated rings. The van der Waals surface area contributed by atoms with Gasteiger partial charge in [-0.2, -0.15) is 0 Å². The molecule has 2 N–H and O–H groups in total. The van der Waals surface area contributed by atoms with Crippen molar-refractivity contribution in [2.24, 2.45) is 12.8 Å². The van der Waals surface area contributed by atoms with Gasteiger partial charge in [0.05, 0.1) is 11.8 Å². The zero-order valence-corrected chi connectivity index (χ0v) is 8.97. The summed E-state index contributed by atoms with van der Waals surface area (Å²) in [6, 6.07) is 0.0849. The summed E-state index contributed by atoms with van der Waals surface area (Å²) in [5, 5.41) is 7.83. The molecule has 2 unspecified atom stereocenters. The second kappa shape index (κ2) is 5.07. The van der Waals surface area contributed by atoms with Crippen molar-refractivity contribution in [2.75, 3.05) is 7.11 Å². The number of methoxy groups -OCH3 is 1. The molecule has 0 radical (unpaired) electrons. The molecule has 1 aromatic rings. The predicted molar refractivity (Wildman–Crippen MR) is 53.8 cm³/mol. The van der Waals surface area contributed by atoms with E-state index >= 15 is 0 Å². The van der Waals surface area contributed by atoms with Crippen LogP contribution in [0.4, 0.5) is 0 Å². The quantitative estimate of drug-likeness (QED) is 0.729. The molecule has 1 aromatic heterocycles. The van der Waals surface area contributed by atoms with E-state index in [2.05, 4.69) is 10.3 Å². The van der Waals surface area contributed by atoms with Crippen LogP contribution in [0.5, 0.6) is 0 Å². The van der Waals surface area contributed by atoms with Gasteiger partial charge in [0.2, 0.25) is 0 Å². The highest BCUT2D eigenvalue weighted by Gasteiger charge is 2.10. The molecule has 0 spiro atoms. The van der Waals surface area contributed by atoms with E-state index in [1.165, 1.54) is 0 Å². The van der Waals surface area contributed by atoms with Gasteiger partial charge in [-0.1, -0.05) is 5.21 Å². The molecule has 2 atom stereocenters. The fourth-order valence-electron chi connectivity index (χ4n) is 1.36. The average molecular weight is 198 g/mol. The molecule has 0 amide bonds. The maximum Gasteiger partial charge on any atom is 0.0842 e. The monoisotopic (exact) mass is 198 g/mol. The lowest BCUT2D eigenvalue weighted by Crippen LogP contribution is -2.28. The standard InChI is InChI=1S/C9H18N4O/c1-7(14-3)4-8(10)5-9-6-13(2)12-11-9/h6-8H,4-5,10H2,1-3H3. The minimum atomic E-state index is 0.0849. The fraction of sp³-hybridized carbons (Fsp3) is 0.778. The van der Waals surface area contributed by atoms with Gasteiger partial charge >= 0.3 is 0 Å². The summed E-state index contributed by atoms with van der Waals surface area (Å²) in [5.74, 6) is 0. The molecule has 0 bridgehead atoms. The first-order valence-corrected chi connectivity index (χ1v) is 4.75. The second-order valence-electron chi connectivity index (χ2n) is 3.63. The Kier molecular flexibility index (Phi) is 4.03. The number of aromatic nitrogens is 3. The molecule has 0 aliphatic carbocycles. The molecule has 0 saturated heterocycles. The Hall–Kier alpha value is -0.940. The SMILES string of the molecule is COC(C)CC(N)Cc1cn(C)nn1. The Morgan fingerprint density at radius 2 is 2.36 bits per heavy atom. The van der Waals surface area contributed by atoms with Gasteiger partial charge in [-0.05, 0) is 13.3 Å². The molecule has 0 aliphatic rings. The lowest BCUT2D eigenvalue weighted by molar-refractivity contribution is 0.104. The van der Waals surface area contributed by atoms with E-state index in [0.717, 1.165) is 18.5 Å². The Labute approximate surface area is 84.2 Å². The highest BCUT2D eigenvalue weighted by molar-refractivity contribution is 4.95. The molecular weight excluding hydrogens is 180 g/mol. The third kappa shape index (κ3) is 3.43. The lowest BCUT2D eigenvalue weighted by atomic mass is 10.1. The van der Waals surface area contributed by atoms with E-state index < -0.39 is 0 Å². The van der Waals surface area contributed by atoms with Crippen LogP contribution in [0, 0.1) is 0 Å². The largest absolute Gasteiger partial charge is 0.382 e. The third-order valence-corrected chi connectivity index (χ3v) is 2.16. The minimum Gasteiger partial charge on any atom is -0.382 e. The van der Waals surface area contributed by atoms with Gasteiger partial charge in [0.25, 0.3) is 0 Å². The van der Waals surface area contributed by atoms with E-state index in [1.807, 2.05) is 20.2 Å². The predicted octanol–water partition coefficient (Wildman–Crippen LogP) is 0.110. The maximum atomic E-state index is 5.93. The molecule has 5 nitrogen and oxygen atoms in total. The van der Waals surface area contributed by atoms with Crippen molar-refractivity contribution in [3.8, 4) is 0 Å². The molecule has 80 valence electrons. The molecule has 1 rings (SSSR count). The van der Waals surface area contributed by atoms with Crippen LogP contribution >= 0.6 is 0 Å². The van der Waals surface area contributed by atoms with E-state index in [-0.39, 0.29) is 12.1 Å². The molecule has 0 aromatic carbocycles. The summed E-state index contributed by atoms with van der Waals surface area (Å²) in [5.41, 5.74) is 6.87. The normalized spacial score (nSPS) is 15.4. The molecule has 0 saturated carbocycles. The van der Waals surface area contributed by atoms with Crippen LogP contribution in [0.25, 0.3) is 0 Å². The molecule has 14 heavy (non-hydrogen) atoms. The fourth-order valence-corrected chi connectivity index (χ4v) is 1.36. The Morgan fingerprint density at radius 3 is 2.86 bits per heavy atom. The zero-order valence-electron chi connectivity index (χ0n) is 8.97. The Bertz CT molecular complexity index is 274. The first-order chi connectivity index (χ1) is 6.61.